The van der Waals surface area contributed by atoms with Crippen molar-refractivity contribution in [2.24, 2.45) is 7.05 Å². The number of nitrogens with zero attached hydrogens (tertiary/aromatic N) is 4. The molecule has 2 rings (SSSR count). The van der Waals surface area contributed by atoms with Crippen molar-refractivity contribution in [1.82, 2.24) is 18.4 Å². The molecule has 2 atom stereocenters. The standard InChI is InChI=1S/C13H24N4O3S/c1-5-16(10-13-6-14-15(4)9-13)21(18,19)17-7-11(2)20-12(3)8-17/h6,9,11-12H,5,7-8,10H2,1-4H3. The van der Waals surface area contributed by atoms with Gasteiger partial charge in [0.1, 0.15) is 0 Å². The summed E-state index contributed by atoms with van der Waals surface area (Å²) in [6, 6.07) is 0. The highest BCUT2D eigenvalue weighted by molar-refractivity contribution is 7.86. The molecule has 0 spiro atoms. The van der Waals surface area contributed by atoms with Crippen molar-refractivity contribution in [3.05, 3.63) is 18.0 Å². The maximum Gasteiger partial charge on any atom is 0.282 e. The van der Waals surface area contributed by atoms with Crippen LogP contribution in [-0.2, 0) is 28.5 Å². The lowest BCUT2D eigenvalue weighted by Gasteiger charge is -2.37. The summed E-state index contributed by atoms with van der Waals surface area (Å²) in [5, 5.41) is 4.08. The molecular weight excluding hydrogens is 292 g/mol. The van der Waals surface area contributed by atoms with Gasteiger partial charge in [0.25, 0.3) is 10.2 Å². The number of ether oxygens (including phenoxy) is 1. The molecule has 2 unspecified atom stereocenters. The Morgan fingerprint density at radius 3 is 2.48 bits per heavy atom. The van der Waals surface area contributed by atoms with E-state index < -0.39 is 10.2 Å². The molecule has 1 aromatic heterocycles. The van der Waals surface area contributed by atoms with Gasteiger partial charge in [0.2, 0.25) is 0 Å². The predicted molar refractivity (Wildman–Crippen MR) is 79.8 cm³/mol. The van der Waals surface area contributed by atoms with E-state index in [4.69, 9.17) is 4.74 Å². The Labute approximate surface area is 126 Å². The van der Waals surface area contributed by atoms with Crippen LogP contribution in [-0.4, -0.2) is 58.7 Å². The van der Waals surface area contributed by atoms with Crippen molar-refractivity contribution in [1.29, 1.82) is 0 Å². The van der Waals surface area contributed by atoms with Crippen LogP contribution in [0.15, 0.2) is 12.4 Å². The van der Waals surface area contributed by atoms with Gasteiger partial charge in [0.15, 0.2) is 0 Å². The molecule has 0 radical (unpaired) electrons. The molecule has 0 aromatic carbocycles. The summed E-state index contributed by atoms with van der Waals surface area (Å²) in [5.74, 6) is 0. The Kier molecular flexibility index (Phi) is 5.03. The minimum Gasteiger partial charge on any atom is -0.373 e. The summed E-state index contributed by atoms with van der Waals surface area (Å²) < 4.78 is 35.9. The Morgan fingerprint density at radius 1 is 1.38 bits per heavy atom. The molecule has 1 aliphatic heterocycles. The molecule has 21 heavy (non-hydrogen) atoms. The third-order valence-corrected chi connectivity index (χ3v) is 5.50. The highest BCUT2D eigenvalue weighted by Gasteiger charge is 2.34. The van der Waals surface area contributed by atoms with Gasteiger partial charge in [-0.2, -0.15) is 22.1 Å². The SMILES string of the molecule is CCN(Cc1cnn(C)c1)S(=O)(=O)N1CC(C)OC(C)C1. The average molecular weight is 316 g/mol. The smallest absolute Gasteiger partial charge is 0.282 e. The topological polar surface area (TPSA) is 67.7 Å². The van der Waals surface area contributed by atoms with E-state index in [-0.39, 0.29) is 12.2 Å². The zero-order valence-electron chi connectivity index (χ0n) is 13.1. The van der Waals surface area contributed by atoms with Gasteiger partial charge < -0.3 is 4.74 Å². The Balaban J connectivity index is 2.15. The Hall–Kier alpha value is -0.960. The number of hydrogen-bond donors (Lipinski definition) is 0. The molecule has 1 aliphatic rings. The quantitative estimate of drug-likeness (QED) is 0.797. The summed E-state index contributed by atoms with van der Waals surface area (Å²) >= 11 is 0. The van der Waals surface area contributed by atoms with Gasteiger partial charge in [0.05, 0.1) is 18.4 Å². The maximum atomic E-state index is 12.8. The molecule has 0 amide bonds. The lowest BCUT2D eigenvalue weighted by Crippen LogP contribution is -2.52. The molecule has 0 bridgehead atoms. The Bertz CT molecular complexity index is 562. The van der Waals surface area contributed by atoms with Crippen molar-refractivity contribution >= 4 is 10.2 Å². The number of hydrogen-bond acceptors (Lipinski definition) is 4. The molecular formula is C13H24N4O3S. The molecule has 2 heterocycles. The third-order valence-electron chi connectivity index (χ3n) is 3.51. The summed E-state index contributed by atoms with van der Waals surface area (Å²) in [6.07, 6.45) is 3.37. The minimum absolute atomic E-state index is 0.0828. The predicted octanol–water partition coefficient (Wildman–Crippen LogP) is 0.596. The molecule has 1 saturated heterocycles. The second-order valence-electron chi connectivity index (χ2n) is 5.53. The van der Waals surface area contributed by atoms with E-state index in [1.54, 1.807) is 10.9 Å². The summed E-state index contributed by atoms with van der Waals surface area (Å²) in [4.78, 5) is 0. The number of morpholine rings is 1. The van der Waals surface area contributed by atoms with Crippen LogP contribution in [0.2, 0.25) is 0 Å². The first-order valence-electron chi connectivity index (χ1n) is 7.21. The third kappa shape index (κ3) is 3.82. The summed E-state index contributed by atoms with van der Waals surface area (Å²) in [6.45, 7) is 7.21. The maximum absolute atomic E-state index is 12.8. The van der Waals surface area contributed by atoms with E-state index >= 15 is 0 Å². The fourth-order valence-electron chi connectivity index (χ4n) is 2.60. The monoisotopic (exact) mass is 316 g/mol. The first-order valence-corrected chi connectivity index (χ1v) is 8.60. The van der Waals surface area contributed by atoms with Gasteiger partial charge in [-0.25, -0.2) is 0 Å². The van der Waals surface area contributed by atoms with Crippen molar-refractivity contribution in [3.8, 4) is 0 Å². The Morgan fingerprint density at radius 2 is 2.00 bits per heavy atom. The van der Waals surface area contributed by atoms with Gasteiger partial charge in [-0.3, -0.25) is 4.68 Å². The molecule has 0 N–H and O–H groups in total. The van der Waals surface area contributed by atoms with Crippen LogP contribution in [0.1, 0.15) is 26.3 Å². The first-order chi connectivity index (χ1) is 9.82. The van der Waals surface area contributed by atoms with Crippen LogP contribution in [0.4, 0.5) is 0 Å². The van der Waals surface area contributed by atoms with Crippen molar-refractivity contribution in [2.45, 2.75) is 39.5 Å². The fraction of sp³-hybridized carbons (Fsp3) is 0.769. The van der Waals surface area contributed by atoms with E-state index in [0.29, 0.717) is 26.2 Å². The van der Waals surface area contributed by atoms with Gasteiger partial charge in [-0.05, 0) is 13.8 Å². The number of rotatable bonds is 5. The summed E-state index contributed by atoms with van der Waals surface area (Å²) in [5.41, 5.74) is 0.886. The van der Waals surface area contributed by atoms with Gasteiger partial charge >= 0.3 is 0 Å². The number of aryl methyl sites for hydroxylation is 1. The van der Waals surface area contributed by atoms with Crippen LogP contribution >= 0.6 is 0 Å². The minimum atomic E-state index is -3.48. The van der Waals surface area contributed by atoms with Crippen LogP contribution < -0.4 is 0 Å². The van der Waals surface area contributed by atoms with Gasteiger partial charge in [-0.1, -0.05) is 6.92 Å². The first kappa shape index (κ1) is 16.4. The van der Waals surface area contributed by atoms with Crippen LogP contribution in [0, 0.1) is 0 Å². The van der Waals surface area contributed by atoms with Crippen LogP contribution in [0.25, 0.3) is 0 Å². The van der Waals surface area contributed by atoms with Crippen LogP contribution in [0.5, 0.6) is 0 Å². The summed E-state index contributed by atoms with van der Waals surface area (Å²) in [7, 11) is -1.66. The second kappa shape index (κ2) is 6.43. The second-order valence-corrected chi connectivity index (χ2v) is 7.46. The molecule has 1 aromatic rings. The van der Waals surface area contributed by atoms with E-state index in [9.17, 15) is 8.42 Å². The zero-order chi connectivity index (χ0) is 15.6. The molecule has 1 fully saturated rings. The van der Waals surface area contributed by atoms with Gasteiger partial charge in [-0.15, -0.1) is 0 Å². The van der Waals surface area contributed by atoms with Crippen molar-refractivity contribution in [2.75, 3.05) is 19.6 Å². The molecule has 8 heteroatoms. The highest BCUT2D eigenvalue weighted by atomic mass is 32.2. The number of aromatic nitrogens is 2. The molecule has 7 nitrogen and oxygen atoms in total. The van der Waals surface area contributed by atoms with Crippen LogP contribution in [0.3, 0.4) is 0 Å². The normalized spacial score (nSPS) is 24.6. The van der Waals surface area contributed by atoms with E-state index in [2.05, 4.69) is 5.10 Å². The van der Waals surface area contributed by atoms with E-state index in [1.807, 2.05) is 34.0 Å². The highest BCUT2D eigenvalue weighted by Crippen LogP contribution is 2.19. The lowest BCUT2D eigenvalue weighted by molar-refractivity contribution is -0.0455. The van der Waals surface area contributed by atoms with Crippen molar-refractivity contribution < 1.29 is 13.2 Å². The molecule has 0 saturated carbocycles. The average Bonchev–Trinajstić information content (AvgIpc) is 2.80. The zero-order valence-corrected chi connectivity index (χ0v) is 13.9. The van der Waals surface area contributed by atoms with Crippen molar-refractivity contribution in [3.63, 3.8) is 0 Å². The fourth-order valence-corrected chi connectivity index (χ4v) is 4.36. The molecule has 0 aliphatic carbocycles. The van der Waals surface area contributed by atoms with E-state index in [1.165, 1.54) is 8.61 Å². The van der Waals surface area contributed by atoms with Gasteiger partial charge in [0, 0.05) is 45.0 Å². The largest absolute Gasteiger partial charge is 0.373 e. The van der Waals surface area contributed by atoms with E-state index in [0.717, 1.165) is 5.56 Å². The molecule has 120 valence electrons. The lowest BCUT2D eigenvalue weighted by atomic mass is 10.3.